The molecule has 0 amide bonds. The first-order valence-corrected chi connectivity index (χ1v) is 7.13. The Bertz CT molecular complexity index is 351. The third-order valence-corrected chi connectivity index (χ3v) is 4.34. The van der Waals surface area contributed by atoms with Crippen LogP contribution < -0.4 is 5.32 Å². The summed E-state index contributed by atoms with van der Waals surface area (Å²) in [4.78, 5) is 5.82. The molecular weight excluding hydrogens is 232 g/mol. The van der Waals surface area contributed by atoms with Crippen molar-refractivity contribution in [2.75, 3.05) is 13.2 Å². The molecule has 0 bridgehead atoms. The van der Waals surface area contributed by atoms with E-state index in [1.165, 1.54) is 22.7 Å². The summed E-state index contributed by atoms with van der Waals surface area (Å²) in [5, 5.41) is 4.76. The van der Waals surface area contributed by atoms with Crippen molar-refractivity contribution in [3.63, 3.8) is 0 Å². The molecule has 96 valence electrons. The number of hydrogen-bond donors (Lipinski definition) is 1. The van der Waals surface area contributed by atoms with Gasteiger partial charge in [-0.05, 0) is 12.8 Å². The van der Waals surface area contributed by atoms with E-state index in [0.29, 0.717) is 6.04 Å². The molecule has 0 aromatic carbocycles. The Morgan fingerprint density at radius 2 is 2.35 bits per heavy atom. The number of rotatable bonds is 3. The molecule has 17 heavy (non-hydrogen) atoms. The van der Waals surface area contributed by atoms with Crippen LogP contribution in [0.2, 0.25) is 0 Å². The fraction of sp³-hybridized carbons (Fsp3) is 0.769. The standard InChI is InChI=1S/C13H22N2OS/c1-13(2,3)12-15-8-11(17-12)7-14-10-5-4-6-16-9-10/h8,10,14H,4-7,9H2,1-3H3. The number of nitrogens with one attached hydrogen (secondary N) is 1. The minimum atomic E-state index is 0.164. The van der Waals surface area contributed by atoms with Gasteiger partial charge >= 0.3 is 0 Å². The van der Waals surface area contributed by atoms with Crippen molar-refractivity contribution in [1.29, 1.82) is 0 Å². The Hall–Kier alpha value is -0.450. The average Bonchev–Trinajstić information content (AvgIpc) is 2.76. The maximum atomic E-state index is 5.46. The molecule has 2 heterocycles. The van der Waals surface area contributed by atoms with Crippen LogP contribution in [-0.4, -0.2) is 24.2 Å². The van der Waals surface area contributed by atoms with Crippen LogP contribution in [0.4, 0.5) is 0 Å². The predicted octanol–water partition coefficient (Wildman–Crippen LogP) is 2.71. The Kier molecular flexibility index (Phi) is 4.17. The average molecular weight is 254 g/mol. The van der Waals surface area contributed by atoms with Gasteiger partial charge in [-0.25, -0.2) is 4.98 Å². The summed E-state index contributed by atoms with van der Waals surface area (Å²) in [6, 6.07) is 0.518. The molecule has 0 radical (unpaired) electrons. The fourth-order valence-electron chi connectivity index (χ4n) is 1.88. The summed E-state index contributed by atoms with van der Waals surface area (Å²) < 4.78 is 5.46. The lowest BCUT2D eigenvalue weighted by molar-refractivity contribution is 0.0700. The molecule has 1 saturated heterocycles. The lowest BCUT2D eigenvalue weighted by atomic mass is 9.98. The van der Waals surface area contributed by atoms with E-state index < -0.39 is 0 Å². The van der Waals surface area contributed by atoms with Crippen LogP contribution in [-0.2, 0) is 16.7 Å². The highest BCUT2D eigenvalue weighted by molar-refractivity contribution is 7.11. The molecule has 1 aliphatic rings. The van der Waals surface area contributed by atoms with Gasteiger partial charge in [0.15, 0.2) is 0 Å². The second-order valence-corrected chi connectivity index (χ2v) is 6.79. The van der Waals surface area contributed by atoms with Crippen LogP contribution in [0.1, 0.15) is 43.5 Å². The molecule has 1 aromatic heterocycles. The smallest absolute Gasteiger partial charge is 0.0981 e. The quantitative estimate of drug-likeness (QED) is 0.900. The largest absolute Gasteiger partial charge is 0.380 e. The lowest BCUT2D eigenvalue weighted by Gasteiger charge is -2.22. The van der Waals surface area contributed by atoms with Crippen LogP contribution >= 0.6 is 11.3 Å². The molecule has 1 fully saturated rings. The molecule has 0 spiro atoms. The van der Waals surface area contributed by atoms with E-state index in [1.807, 2.05) is 17.5 Å². The van der Waals surface area contributed by atoms with Crippen molar-refractivity contribution in [1.82, 2.24) is 10.3 Å². The van der Waals surface area contributed by atoms with E-state index in [-0.39, 0.29) is 5.41 Å². The van der Waals surface area contributed by atoms with Gasteiger partial charge in [-0.1, -0.05) is 20.8 Å². The summed E-state index contributed by atoms with van der Waals surface area (Å²) in [5.41, 5.74) is 0.164. The maximum absolute atomic E-state index is 5.46. The van der Waals surface area contributed by atoms with Gasteiger partial charge in [-0.15, -0.1) is 11.3 Å². The molecule has 4 heteroatoms. The molecule has 1 aliphatic heterocycles. The first-order valence-electron chi connectivity index (χ1n) is 6.32. The van der Waals surface area contributed by atoms with Crippen molar-refractivity contribution < 1.29 is 4.74 Å². The predicted molar refractivity (Wildman–Crippen MR) is 71.5 cm³/mol. The van der Waals surface area contributed by atoms with E-state index in [1.54, 1.807) is 0 Å². The van der Waals surface area contributed by atoms with E-state index >= 15 is 0 Å². The van der Waals surface area contributed by atoms with Gasteiger partial charge in [-0.3, -0.25) is 0 Å². The van der Waals surface area contributed by atoms with Gasteiger partial charge in [0, 0.05) is 35.7 Å². The first-order chi connectivity index (χ1) is 8.05. The van der Waals surface area contributed by atoms with Crippen molar-refractivity contribution in [3.05, 3.63) is 16.1 Å². The van der Waals surface area contributed by atoms with Crippen LogP contribution in [0.15, 0.2) is 6.20 Å². The molecule has 1 aromatic rings. The first kappa shape index (κ1) is 13.0. The second kappa shape index (κ2) is 5.46. The summed E-state index contributed by atoms with van der Waals surface area (Å²) >= 11 is 1.81. The normalized spacial score (nSPS) is 21.7. The molecule has 1 unspecified atom stereocenters. The lowest BCUT2D eigenvalue weighted by Crippen LogP contribution is -2.36. The molecule has 1 atom stereocenters. The number of hydrogen-bond acceptors (Lipinski definition) is 4. The highest BCUT2D eigenvalue weighted by atomic mass is 32.1. The van der Waals surface area contributed by atoms with Crippen LogP contribution in [0, 0.1) is 0 Å². The molecule has 0 aliphatic carbocycles. The molecule has 2 rings (SSSR count). The third-order valence-electron chi connectivity index (χ3n) is 2.92. The number of nitrogens with zero attached hydrogens (tertiary/aromatic N) is 1. The fourth-order valence-corrected chi connectivity index (χ4v) is 2.80. The zero-order valence-electron chi connectivity index (χ0n) is 11.0. The van der Waals surface area contributed by atoms with E-state index in [9.17, 15) is 0 Å². The van der Waals surface area contributed by atoms with E-state index in [2.05, 4.69) is 31.1 Å². The molecule has 3 nitrogen and oxygen atoms in total. The topological polar surface area (TPSA) is 34.2 Å². The van der Waals surface area contributed by atoms with Gasteiger partial charge in [0.2, 0.25) is 0 Å². The van der Waals surface area contributed by atoms with Crippen LogP contribution in [0.3, 0.4) is 0 Å². The van der Waals surface area contributed by atoms with Gasteiger partial charge in [0.25, 0.3) is 0 Å². The highest BCUT2D eigenvalue weighted by Crippen LogP contribution is 2.26. The number of aromatic nitrogens is 1. The Labute approximate surface area is 108 Å². The zero-order valence-corrected chi connectivity index (χ0v) is 11.8. The zero-order chi connectivity index (χ0) is 12.3. The van der Waals surface area contributed by atoms with Crippen molar-refractivity contribution in [2.45, 2.75) is 51.6 Å². The summed E-state index contributed by atoms with van der Waals surface area (Å²) in [5.74, 6) is 0. The second-order valence-electron chi connectivity index (χ2n) is 5.68. The molecular formula is C13H22N2OS. The minimum Gasteiger partial charge on any atom is -0.380 e. The van der Waals surface area contributed by atoms with Gasteiger partial charge in [-0.2, -0.15) is 0 Å². The van der Waals surface area contributed by atoms with Crippen molar-refractivity contribution >= 4 is 11.3 Å². The summed E-state index contributed by atoms with van der Waals surface area (Å²) in [6.07, 6.45) is 4.40. The van der Waals surface area contributed by atoms with Crippen molar-refractivity contribution in [2.24, 2.45) is 0 Å². The maximum Gasteiger partial charge on any atom is 0.0981 e. The van der Waals surface area contributed by atoms with Gasteiger partial charge < -0.3 is 10.1 Å². The number of ether oxygens (including phenoxy) is 1. The Morgan fingerprint density at radius 1 is 1.53 bits per heavy atom. The minimum absolute atomic E-state index is 0.164. The Morgan fingerprint density at radius 3 is 2.94 bits per heavy atom. The molecule has 0 saturated carbocycles. The monoisotopic (exact) mass is 254 g/mol. The third kappa shape index (κ3) is 3.76. The van der Waals surface area contributed by atoms with E-state index in [4.69, 9.17) is 4.74 Å². The Balaban J connectivity index is 1.84. The SMILES string of the molecule is CC(C)(C)c1ncc(CNC2CCCOC2)s1. The van der Waals surface area contributed by atoms with Crippen LogP contribution in [0.25, 0.3) is 0 Å². The molecule has 1 N–H and O–H groups in total. The highest BCUT2D eigenvalue weighted by Gasteiger charge is 2.18. The van der Waals surface area contributed by atoms with Gasteiger partial charge in [0.1, 0.15) is 0 Å². The number of thiazole rings is 1. The van der Waals surface area contributed by atoms with Gasteiger partial charge in [0.05, 0.1) is 11.6 Å². The van der Waals surface area contributed by atoms with Crippen LogP contribution in [0.5, 0.6) is 0 Å². The van der Waals surface area contributed by atoms with Crippen molar-refractivity contribution in [3.8, 4) is 0 Å². The summed E-state index contributed by atoms with van der Waals surface area (Å²) in [6.45, 7) is 9.31. The summed E-state index contributed by atoms with van der Waals surface area (Å²) in [7, 11) is 0. The van der Waals surface area contributed by atoms with E-state index in [0.717, 1.165) is 19.8 Å².